The first-order valence-corrected chi connectivity index (χ1v) is 8.10. The van der Waals surface area contributed by atoms with Crippen LogP contribution in [0.5, 0.6) is 0 Å². The fourth-order valence-corrected chi connectivity index (χ4v) is 5.27. The summed E-state index contributed by atoms with van der Waals surface area (Å²) in [7, 11) is -2.73. The first-order valence-electron chi connectivity index (χ1n) is 6.27. The smallest absolute Gasteiger partial charge is 0.151 e. The van der Waals surface area contributed by atoms with Gasteiger partial charge in [-0.05, 0) is 37.8 Å². The van der Waals surface area contributed by atoms with Crippen LogP contribution in [0.15, 0.2) is 0 Å². The zero-order valence-corrected chi connectivity index (χ0v) is 10.4. The average molecular weight is 244 g/mol. The number of piperidine rings is 2. The molecular weight excluding hydrogens is 224 g/mol. The van der Waals surface area contributed by atoms with E-state index < -0.39 is 9.84 Å². The molecule has 3 aliphatic rings. The van der Waals surface area contributed by atoms with Gasteiger partial charge in [-0.25, -0.2) is 8.42 Å². The number of sulfone groups is 1. The van der Waals surface area contributed by atoms with E-state index in [4.69, 9.17) is 0 Å². The molecule has 3 atom stereocenters. The van der Waals surface area contributed by atoms with Crippen LogP contribution in [-0.2, 0) is 9.84 Å². The van der Waals surface area contributed by atoms with E-state index in [9.17, 15) is 8.42 Å². The van der Waals surface area contributed by atoms with Crippen molar-refractivity contribution in [3.05, 3.63) is 0 Å². The van der Waals surface area contributed by atoms with E-state index in [1.807, 2.05) is 0 Å². The Morgan fingerprint density at radius 1 is 1.12 bits per heavy atom. The fraction of sp³-hybridized carbons (Fsp3) is 1.00. The minimum absolute atomic E-state index is 0.313. The topological polar surface area (TPSA) is 49.4 Å². The highest BCUT2D eigenvalue weighted by atomic mass is 32.2. The lowest BCUT2D eigenvalue weighted by molar-refractivity contribution is 0.0703. The third-order valence-corrected chi connectivity index (χ3v) is 5.99. The van der Waals surface area contributed by atoms with Gasteiger partial charge in [-0.15, -0.1) is 0 Å². The van der Waals surface area contributed by atoms with Crippen LogP contribution >= 0.6 is 0 Å². The van der Waals surface area contributed by atoms with Crippen LogP contribution in [0.3, 0.4) is 0 Å². The minimum Gasteiger partial charge on any atom is -0.316 e. The number of hydrogen-bond acceptors (Lipinski definition) is 4. The number of likely N-dealkylation sites (tertiary alicyclic amines) is 1. The summed E-state index contributed by atoms with van der Waals surface area (Å²) in [6, 6.07) is 0.313. The Morgan fingerprint density at radius 2 is 1.81 bits per heavy atom. The molecule has 1 N–H and O–H groups in total. The van der Waals surface area contributed by atoms with Crippen molar-refractivity contribution in [1.82, 2.24) is 10.2 Å². The lowest BCUT2D eigenvalue weighted by atomic mass is 9.85. The predicted molar refractivity (Wildman–Crippen MR) is 63.1 cm³/mol. The van der Waals surface area contributed by atoms with E-state index in [-0.39, 0.29) is 0 Å². The summed E-state index contributed by atoms with van der Waals surface area (Å²) < 4.78 is 23.0. The summed E-state index contributed by atoms with van der Waals surface area (Å²) in [4.78, 5) is 2.45. The molecule has 0 amide bonds. The van der Waals surface area contributed by atoms with Gasteiger partial charge in [0.2, 0.25) is 0 Å². The number of hydrogen-bond donors (Lipinski definition) is 1. The summed E-state index contributed by atoms with van der Waals surface area (Å²) in [6.07, 6.45) is 2.19. The molecule has 92 valence electrons. The summed E-state index contributed by atoms with van der Waals surface area (Å²) in [5, 5.41) is 3.47. The molecule has 16 heavy (non-hydrogen) atoms. The Hall–Kier alpha value is -0.130. The van der Waals surface area contributed by atoms with Crippen molar-refractivity contribution in [2.24, 2.45) is 11.8 Å². The molecular formula is C11H20N2O2S. The van der Waals surface area contributed by atoms with Crippen LogP contribution in [0.1, 0.15) is 12.8 Å². The van der Waals surface area contributed by atoms with Crippen LogP contribution in [0.2, 0.25) is 0 Å². The van der Waals surface area contributed by atoms with Crippen LogP contribution in [-0.4, -0.2) is 57.0 Å². The molecule has 0 aromatic rings. The highest BCUT2D eigenvalue weighted by Gasteiger charge is 2.38. The van der Waals surface area contributed by atoms with Crippen molar-refractivity contribution < 1.29 is 8.42 Å². The monoisotopic (exact) mass is 244 g/mol. The highest BCUT2D eigenvalue weighted by Crippen LogP contribution is 2.28. The molecule has 0 aromatic heterocycles. The number of nitrogens with one attached hydrogen (secondary N) is 1. The minimum atomic E-state index is -2.73. The predicted octanol–water partition coefficient (Wildman–Crippen LogP) is -0.285. The second kappa shape index (κ2) is 3.96. The number of nitrogens with zero attached hydrogens (tertiary/aromatic N) is 1. The molecule has 3 fully saturated rings. The first kappa shape index (κ1) is 11.0. The normalized spacial score (nSPS) is 43.4. The van der Waals surface area contributed by atoms with Crippen LogP contribution in [0, 0.1) is 11.8 Å². The summed E-state index contributed by atoms with van der Waals surface area (Å²) >= 11 is 0. The number of rotatable bonds is 1. The van der Waals surface area contributed by atoms with Crippen molar-refractivity contribution in [3.63, 3.8) is 0 Å². The zero-order chi connectivity index (χ0) is 11.2. The third-order valence-electron chi connectivity index (χ3n) is 4.24. The molecule has 3 heterocycles. The van der Waals surface area contributed by atoms with E-state index in [0.29, 0.717) is 17.5 Å². The Morgan fingerprint density at radius 3 is 2.38 bits per heavy atom. The van der Waals surface area contributed by atoms with Gasteiger partial charge in [0.15, 0.2) is 9.84 Å². The Kier molecular flexibility index (Phi) is 2.72. The molecule has 3 saturated heterocycles. The fourth-order valence-electron chi connectivity index (χ4n) is 3.51. The Balaban J connectivity index is 1.67. The molecule has 0 aliphatic carbocycles. The molecule has 4 nitrogen and oxygen atoms in total. The SMILES string of the molecule is O=S1(=O)CCC(N2CC3CNCC(C3)C2)C1. The quantitative estimate of drug-likeness (QED) is 0.689. The molecule has 3 unspecified atom stereocenters. The van der Waals surface area contributed by atoms with Crippen LogP contribution in [0.25, 0.3) is 0 Å². The maximum absolute atomic E-state index is 11.5. The van der Waals surface area contributed by atoms with Crippen LogP contribution < -0.4 is 5.32 Å². The Labute approximate surface area is 97.3 Å². The number of fused-ring (bicyclic) bond motifs is 2. The molecule has 0 saturated carbocycles. The van der Waals surface area contributed by atoms with Crippen molar-refractivity contribution in [2.45, 2.75) is 18.9 Å². The van der Waals surface area contributed by atoms with Crippen molar-refractivity contribution in [3.8, 4) is 0 Å². The van der Waals surface area contributed by atoms with Gasteiger partial charge in [-0.3, -0.25) is 4.90 Å². The molecule has 3 rings (SSSR count). The van der Waals surface area contributed by atoms with Gasteiger partial charge in [-0.2, -0.15) is 0 Å². The lowest BCUT2D eigenvalue weighted by Crippen LogP contribution is -2.54. The van der Waals surface area contributed by atoms with Crippen molar-refractivity contribution in [1.29, 1.82) is 0 Å². The van der Waals surface area contributed by atoms with Gasteiger partial charge in [0.25, 0.3) is 0 Å². The highest BCUT2D eigenvalue weighted by molar-refractivity contribution is 7.91. The van der Waals surface area contributed by atoms with Crippen molar-refractivity contribution in [2.75, 3.05) is 37.7 Å². The van der Waals surface area contributed by atoms with Gasteiger partial charge in [0.05, 0.1) is 11.5 Å². The Bertz CT molecular complexity index is 356. The maximum Gasteiger partial charge on any atom is 0.151 e. The standard InChI is InChI=1S/C11H20N2O2S/c14-16(15)2-1-11(8-16)13-6-9-3-10(7-13)5-12-4-9/h9-12H,1-8H2. The summed E-state index contributed by atoms with van der Waals surface area (Å²) in [5.41, 5.74) is 0. The average Bonchev–Trinajstić information content (AvgIpc) is 2.58. The second-order valence-electron chi connectivity index (χ2n) is 5.64. The van der Waals surface area contributed by atoms with E-state index in [1.165, 1.54) is 6.42 Å². The summed E-state index contributed by atoms with van der Waals surface area (Å²) in [5.74, 6) is 2.30. The van der Waals surface area contributed by atoms with E-state index in [1.54, 1.807) is 0 Å². The lowest BCUT2D eigenvalue weighted by Gasteiger charge is -2.44. The molecule has 2 bridgehead atoms. The van der Waals surface area contributed by atoms with Crippen LogP contribution in [0.4, 0.5) is 0 Å². The van der Waals surface area contributed by atoms with Gasteiger partial charge in [-0.1, -0.05) is 0 Å². The largest absolute Gasteiger partial charge is 0.316 e. The van der Waals surface area contributed by atoms with E-state index >= 15 is 0 Å². The molecule has 3 aliphatic heterocycles. The molecule has 0 radical (unpaired) electrons. The van der Waals surface area contributed by atoms with Gasteiger partial charge in [0, 0.05) is 19.1 Å². The molecule has 5 heteroatoms. The first-order chi connectivity index (χ1) is 7.62. The van der Waals surface area contributed by atoms with E-state index in [0.717, 1.165) is 44.4 Å². The van der Waals surface area contributed by atoms with E-state index in [2.05, 4.69) is 10.2 Å². The van der Waals surface area contributed by atoms with Gasteiger partial charge < -0.3 is 5.32 Å². The second-order valence-corrected chi connectivity index (χ2v) is 7.87. The third kappa shape index (κ3) is 2.13. The molecule has 0 aromatic carbocycles. The zero-order valence-electron chi connectivity index (χ0n) is 9.56. The summed E-state index contributed by atoms with van der Waals surface area (Å²) in [6.45, 7) is 4.44. The van der Waals surface area contributed by atoms with Crippen molar-refractivity contribution >= 4 is 9.84 Å². The van der Waals surface area contributed by atoms with Gasteiger partial charge >= 0.3 is 0 Å². The maximum atomic E-state index is 11.5. The van der Waals surface area contributed by atoms with Gasteiger partial charge in [0.1, 0.15) is 0 Å². The molecule has 0 spiro atoms.